The van der Waals surface area contributed by atoms with E-state index < -0.39 is 0 Å². The molecule has 0 saturated carbocycles. The first-order valence-electron chi connectivity index (χ1n) is 6.50. The number of benzene rings is 1. The maximum absolute atomic E-state index is 9.89. The lowest BCUT2D eigenvalue weighted by Gasteiger charge is -2.36. The first-order valence-corrected chi connectivity index (χ1v) is 7.79. The highest BCUT2D eigenvalue weighted by atomic mass is 32.1. The van der Waals surface area contributed by atoms with Gasteiger partial charge >= 0.3 is 0 Å². The van der Waals surface area contributed by atoms with Gasteiger partial charge in [0.1, 0.15) is 11.3 Å². The van der Waals surface area contributed by atoms with E-state index in [2.05, 4.69) is 14.9 Å². The molecule has 7 heteroatoms. The Morgan fingerprint density at radius 1 is 1.20 bits per heavy atom. The van der Waals surface area contributed by atoms with Crippen molar-refractivity contribution >= 4 is 29.2 Å². The van der Waals surface area contributed by atoms with Crippen molar-refractivity contribution in [2.24, 2.45) is 0 Å². The Morgan fingerprint density at radius 2 is 1.95 bits per heavy atom. The van der Waals surface area contributed by atoms with Gasteiger partial charge in [0.15, 0.2) is 3.95 Å². The van der Waals surface area contributed by atoms with Crippen LogP contribution in [0.5, 0.6) is 5.75 Å². The molecule has 3 rings (SSSR count). The number of aromatic nitrogens is 2. The van der Waals surface area contributed by atoms with Crippen molar-refractivity contribution in [3.63, 3.8) is 0 Å². The summed E-state index contributed by atoms with van der Waals surface area (Å²) in [5.41, 5.74) is 2.69. The fourth-order valence-corrected chi connectivity index (χ4v) is 3.09. The summed E-state index contributed by atoms with van der Waals surface area (Å²) in [5, 5.41) is 14.1. The number of phenols is 1. The minimum absolute atomic E-state index is 0.350. The van der Waals surface area contributed by atoms with Gasteiger partial charge in [-0.15, -0.1) is 0 Å². The normalized spacial score (nSPS) is 16.5. The van der Waals surface area contributed by atoms with Crippen LogP contribution < -0.4 is 4.90 Å². The van der Waals surface area contributed by atoms with E-state index >= 15 is 0 Å². The molecule has 0 amide bonds. The van der Waals surface area contributed by atoms with E-state index in [-0.39, 0.29) is 0 Å². The zero-order chi connectivity index (χ0) is 13.9. The van der Waals surface area contributed by atoms with Gasteiger partial charge in [-0.05, 0) is 24.4 Å². The van der Waals surface area contributed by atoms with Crippen molar-refractivity contribution < 1.29 is 5.11 Å². The number of rotatable bonds is 3. The highest BCUT2D eigenvalue weighted by Crippen LogP contribution is 2.27. The van der Waals surface area contributed by atoms with Gasteiger partial charge in [0.25, 0.3) is 0 Å². The number of hydrogen-bond donors (Lipinski definition) is 1. The van der Waals surface area contributed by atoms with Crippen LogP contribution in [-0.2, 0) is 6.67 Å². The van der Waals surface area contributed by atoms with Gasteiger partial charge in [0, 0.05) is 26.2 Å². The quantitative estimate of drug-likeness (QED) is 0.880. The minimum atomic E-state index is 0.350. The second-order valence-electron chi connectivity index (χ2n) is 4.74. The van der Waals surface area contributed by atoms with E-state index in [1.165, 1.54) is 11.3 Å². The Kier molecular flexibility index (Phi) is 4.00. The Balaban J connectivity index is 1.61. The second kappa shape index (κ2) is 5.90. The lowest BCUT2D eigenvalue weighted by molar-refractivity contribution is 0.195. The molecule has 1 aromatic carbocycles. The first kappa shape index (κ1) is 13.5. The van der Waals surface area contributed by atoms with Crippen molar-refractivity contribution in [2.75, 3.05) is 31.1 Å². The number of anilines is 1. The van der Waals surface area contributed by atoms with Crippen LogP contribution in [0, 0.1) is 3.95 Å². The van der Waals surface area contributed by atoms with Gasteiger partial charge in [0.2, 0.25) is 0 Å². The summed E-state index contributed by atoms with van der Waals surface area (Å²) in [4.78, 5) is 4.54. The van der Waals surface area contributed by atoms with Gasteiger partial charge in [-0.25, -0.2) is 4.68 Å². The zero-order valence-electron chi connectivity index (χ0n) is 11.0. The number of piperazine rings is 1. The van der Waals surface area contributed by atoms with Gasteiger partial charge in [-0.2, -0.15) is 5.10 Å². The van der Waals surface area contributed by atoms with Gasteiger partial charge < -0.3 is 10.0 Å². The molecule has 0 aliphatic carbocycles. The summed E-state index contributed by atoms with van der Waals surface area (Å²) in [6.45, 7) is 4.42. The number of phenolic OH excluding ortho intramolecular Hbond substituents is 1. The first-order chi connectivity index (χ1) is 9.74. The van der Waals surface area contributed by atoms with E-state index in [0.29, 0.717) is 5.75 Å². The molecule has 1 aliphatic heterocycles. The molecule has 5 nitrogen and oxygen atoms in total. The monoisotopic (exact) mass is 308 g/mol. The summed E-state index contributed by atoms with van der Waals surface area (Å²) < 4.78 is 2.67. The third-order valence-electron chi connectivity index (χ3n) is 3.48. The molecule has 1 aromatic heterocycles. The molecule has 1 aliphatic rings. The smallest absolute Gasteiger partial charge is 0.180 e. The predicted molar refractivity (Wildman–Crippen MR) is 82.8 cm³/mol. The molecule has 1 fully saturated rings. The molecule has 0 atom stereocenters. The molecule has 1 saturated heterocycles. The number of hydrogen-bond acceptors (Lipinski definition) is 6. The van der Waals surface area contributed by atoms with E-state index in [1.54, 1.807) is 11.6 Å². The largest absolute Gasteiger partial charge is 0.506 e. The molecular formula is C13H16N4OS2. The Hall–Kier alpha value is -1.44. The molecule has 2 heterocycles. The highest BCUT2D eigenvalue weighted by Gasteiger charge is 2.19. The van der Waals surface area contributed by atoms with Crippen LogP contribution in [-0.4, -0.2) is 46.0 Å². The Labute approximate surface area is 126 Å². The van der Waals surface area contributed by atoms with Gasteiger partial charge in [-0.3, -0.25) is 4.90 Å². The van der Waals surface area contributed by atoms with Crippen LogP contribution in [0.2, 0.25) is 0 Å². The molecule has 0 bridgehead atoms. The van der Waals surface area contributed by atoms with Crippen LogP contribution in [0.15, 0.2) is 29.8 Å². The molecule has 0 unspecified atom stereocenters. The number of aromatic hydroxyl groups is 1. The summed E-state index contributed by atoms with van der Waals surface area (Å²) in [7, 11) is 0. The topological polar surface area (TPSA) is 44.5 Å². The Bertz CT molecular complexity index is 631. The lowest BCUT2D eigenvalue weighted by atomic mass is 10.2. The van der Waals surface area contributed by atoms with Crippen LogP contribution in [0.3, 0.4) is 0 Å². The van der Waals surface area contributed by atoms with E-state index in [1.807, 2.05) is 22.9 Å². The maximum Gasteiger partial charge on any atom is 0.180 e. The molecule has 106 valence electrons. The van der Waals surface area contributed by atoms with Crippen LogP contribution >= 0.6 is 23.6 Å². The van der Waals surface area contributed by atoms with Crippen LogP contribution in [0.25, 0.3) is 0 Å². The number of nitrogens with zero attached hydrogens (tertiary/aromatic N) is 4. The second-order valence-corrected chi connectivity index (χ2v) is 6.22. The van der Waals surface area contributed by atoms with Crippen LogP contribution in [0.4, 0.5) is 5.69 Å². The summed E-state index contributed by atoms with van der Waals surface area (Å²) >= 11 is 6.71. The third-order valence-corrected chi connectivity index (χ3v) is 4.59. The average molecular weight is 308 g/mol. The fourth-order valence-electron chi connectivity index (χ4n) is 2.38. The average Bonchev–Trinajstić information content (AvgIpc) is 2.86. The lowest BCUT2D eigenvalue weighted by Crippen LogP contribution is -2.46. The third kappa shape index (κ3) is 2.84. The maximum atomic E-state index is 9.89. The molecule has 1 N–H and O–H groups in total. The standard InChI is InChI=1S/C13H16N4OS2/c18-12-4-2-1-3-11(12)16-7-5-15(6-8-16)10-17-13(19)20-9-14-17/h1-4,9,18H,5-8,10H2. The molecule has 20 heavy (non-hydrogen) atoms. The van der Waals surface area contributed by atoms with E-state index in [4.69, 9.17) is 12.2 Å². The molecule has 0 spiro atoms. The van der Waals surface area contributed by atoms with Crippen molar-refractivity contribution in [2.45, 2.75) is 6.67 Å². The van der Waals surface area contributed by atoms with E-state index in [9.17, 15) is 5.11 Å². The fraction of sp³-hybridized carbons (Fsp3) is 0.385. The SMILES string of the molecule is Oc1ccccc1N1CCN(Cn2ncsc2=S)CC1. The predicted octanol–water partition coefficient (Wildman–Crippen LogP) is 2.16. The van der Waals surface area contributed by atoms with Crippen molar-refractivity contribution in [3.8, 4) is 5.75 Å². The summed E-state index contributed by atoms with van der Waals surface area (Å²) in [6, 6.07) is 7.49. The zero-order valence-corrected chi connectivity index (χ0v) is 12.6. The molecule has 0 radical (unpaired) electrons. The van der Waals surface area contributed by atoms with Crippen LogP contribution in [0.1, 0.15) is 0 Å². The number of para-hydroxylation sites is 2. The Morgan fingerprint density at radius 3 is 2.60 bits per heavy atom. The van der Waals surface area contributed by atoms with Gasteiger partial charge in [0.05, 0.1) is 12.4 Å². The molecular weight excluding hydrogens is 292 g/mol. The minimum Gasteiger partial charge on any atom is -0.506 e. The summed E-state index contributed by atoms with van der Waals surface area (Å²) in [5.74, 6) is 0.350. The summed E-state index contributed by atoms with van der Waals surface area (Å²) in [6.07, 6.45) is 0. The van der Waals surface area contributed by atoms with Gasteiger partial charge in [-0.1, -0.05) is 23.5 Å². The van der Waals surface area contributed by atoms with Crippen molar-refractivity contribution in [1.82, 2.24) is 14.7 Å². The molecule has 2 aromatic rings. The van der Waals surface area contributed by atoms with Crippen molar-refractivity contribution in [3.05, 3.63) is 33.7 Å². The highest BCUT2D eigenvalue weighted by molar-refractivity contribution is 7.73. The van der Waals surface area contributed by atoms with Crippen molar-refractivity contribution in [1.29, 1.82) is 0 Å². The van der Waals surface area contributed by atoms with E-state index in [0.717, 1.165) is 42.5 Å².